The van der Waals surface area contributed by atoms with Crippen LogP contribution < -0.4 is 4.90 Å². The summed E-state index contributed by atoms with van der Waals surface area (Å²) >= 11 is 1.78. The van der Waals surface area contributed by atoms with E-state index in [-0.39, 0.29) is 0 Å². The molecule has 2 aromatic rings. The van der Waals surface area contributed by atoms with E-state index in [2.05, 4.69) is 36.7 Å². The summed E-state index contributed by atoms with van der Waals surface area (Å²) in [4.78, 5) is 14.4. The molecule has 0 aliphatic carbocycles. The van der Waals surface area contributed by atoms with Gasteiger partial charge in [0.15, 0.2) is 0 Å². The molecule has 4 heteroatoms. The lowest BCUT2D eigenvalue weighted by atomic mass is 9.99. The van der Waals surface area contributed by atoms with E-state index in [1.54, 1.807) is 11.3 Å². The molecule has 0 radical (unpaired) electrons. The molecule has 0 bridgehead atoms. The third kappa shape index (κ3) is 2.46. The van der Waals surface area contributed by atoms with Crippen molar-refractivity contribution in [3.05, 3.63) is 16.8 Å². The minimum absolute atomic E-state index is 0.850. The van der Waals surface area contributed by atoms with E-state index in [0.29, 0.717) is 0 Å². The van der Waals surface area contributed by atoms with Gasteiger partial charge in [0, 0.05) is 24.4 Å². The molecule has 3 rings (SSSR count). The molecule has 102 valence electrons. The Morgan fingerprint density at radius 3 is 2.74 bits per heavy atom. The number of hydrogen-bond donors (Lipinski definition) is 0. The third-order valence-corrected chi connectivity index (χ3v) is 4.89. The SMILES string of the molecule is CCc1nc(N2CCC(C)CC2)c2cc(C)sc2n1. The summed E-state index contributed by atoms with van der Waals surface area (Å²) < 4.78 is 0. The van der Waals surface area contributed by atoms with Crippen LogP contribution in [-0.4, -0.2) is 23.1 Å². The van der Waals surface area contributed by atoms with Crippen molar-refractivity contribution in [2.24, 2.45) is 5.92 Å². The second-order valence-corrected chi connectivity index (χ2v) is 6.80. The van der Waals surface area contributed by atoms with Crippen molar-refractivity contribution < 1.29 is 0 Å². The number of piperidine rings is 1. The Balaban J connectivity index is 2.05. The Hall–Kier alpha value is -1.16. The summed E-state index contributed by atoms with van der Waals surface area (Å²) in [5.41, 5.74) is 0. The third-order valence-electron chi connectivity index (χ3n) is 3.94. The summed E-state index contributed by atoms with van der Waals surface area (Å²) in [7, 11) is 0. The number of anilines is 1. The van der Waals surface area contributed by atoms with E-state index in [9.17, 15) is 0 Å². The van der Waals surface area contributed by atoms with Crippen molar-refractivity contribution >= 4 is 27.4 Å². The first-order valence-electron chi connectivity index (χ1n) is 7.19. The van der Waals surface area contributed by atoms with E-state index in [1.807, 2.05) is 0 Å². The smallest absolute Gasteiger partial charge is 0.141 e. The second-order valence-electron chi connectivity index (χ2n) is 5.56. The fourth-order valence-electron chi connectivity index (χ4n) is 2.69. The van der Waals surface area contributed by atoms with Gasteiger partial charge in [-0.05, 0) is 31.7 Å². The van der Waals surface area contributed by atoms with E-state index >= 15 is 0 Å². The summed E-state index contributed by atoms with van der Waals surface area (Å²) in [5.74, 6) is 2.99. The molecule has 0 unspecified atom stereocenters. The quantitative estimate of drug-likeness (QED) is 0.835. The predicted octanol–water partition coefficient (Wildman–Crippen LogP) is 3.80. The van der Waals surface area contributed by atoms with Crippen LogP contribution in [0.1, 0.15) is 37.4 Å². The normalized spacial score (nSPS) is 17.3. The first-order valence-corrected chi connectivity index (χ1v) is 8.01. The van der Waals surface area contributed by atoms with Gasteiger partial charge in [-0.25, -0.2) is 9.97 Å². The van der Waals surface area contributed by atoms with Crippen LogP contribution in [-0.2, 0) is 6.42 Å². The number of aryl methyl sites for hydroxylation is 2. The predicted molar refractivity (Wildman–Crippen MR) is 82.1 cm³/mol. The molecule has 1 saturated heterocycles. The zero-order valence-electron chi connectivity index (χ0n) is 11.9. The van der Waals surface area contributed by atoms with Crippen molar-refractivity contribution in [2.45, 2.75) is 40.0 Å². The molecule has 0 saturated carbocycles. The maximum Gasteiger partial charge on any atom is 0.141 e. The summed E-state index contributed by atoms with van der Waals surface area (Å²) in [6.45, 7) is 8.89. The fourth-order valence-corrected chi connectivity index (χ4v) is 3.58. The minimum Gasteiger partial charge on any atom is -0.356 e. The van der Waals surface area contributed by atoms with Crippen LogP contribution in [0.2, 0.25) is 0 Å². The van der Waals surface area contributed by atoms with Gasteiger partial charge in [-0.15, -0.1) is 11.3 Å². The monoisotopic (exact) mass is 275 g/mol. The van der Waals surface area contributed by atoms with Crippen LogP contribution in [0.25, 0.3) is 10.2 Å². The van der Waals surface area contributed by atoms with Crippen LogP contribution in [0.5, 0.6) is 0 Å². The van der Waals surface area contributed by atoms with Crippen molar-refractivity contribution in [1.82, 2.24) is 9.97 Å². The van der Waals surface area contributed by atoms with Crippen molar-refractivity contribution in [1.29, 1.82) is 0 Å². The van der Waals surface area contributed by atoms with Gasteiger partial charge in [-0.1, -0.05) is 13.8 Å². The first-order chi connectivity index (χ1) is 9.17. The Kier molecular flexibility index (Phi) is 3.44. The molecule has 1 fully saturated rings. The minimum atomic E-state index is 0.850. The molecule has 2 aromatic heterocycles. The van der Waals surface area contributed by atoms with Gasteiger partial charge in [-0.2, -0.15) is 0 Å². The van der Waals surface area contributed by atoms with Crippen molar-refractivity contribution in [3.63, 3.8) is 0 Å². The van der Waals surface area contributed by atoms with Gasteiger partial charge in [0.1, 0.15) is 16.5 Å². The molecule has 0 spiro atoms. The Labute approximate surface area is 118 Å². The van der Waals surface area contributed by atoms with E-state index in [1.165, 1.54) is 23.1 Å². The maximum absolute atomic E-state index is 4.80. The highest BCUT2D eigenvalue weighted by atomic mass is 32.1. The molecule has 0 aromatic carbocycles. The molecule has 1 aliphatic rings. The molecular formula is C15H21N3S. The lowest BCUT2D eigenvalue weighted by molar-refractivity contribution is 0.437. The topological polar surface area (TPSA) is 29.0 Å². The Morgan fingerprint density at radius 2 is 2.05 bits per heavy atom. The number of fused-ring (bicyclic) bond motifs is 1. The van der Waals surface area contributed by atoms with E-state index in [0.717, 1.165) is 41.9 Å². The van der Waals surface area contributed by atoms with Crippen LogP contribution in [0.4, 0.5) is 5.82 Å². The maximum atomic E-state index is 4.80. The fraction of sp³-hybridized carbons (Fsp3) is 0.600. The average molecular weight is 275 g/mol. The molecular weight excluding hydrogens is 254 g/mol. The summed E-state index contributed by atoms with van der Waals surface area (Å²) in [6, 6.07) is 2.24. The second kappa shape index (κ2) is 5.08. The van der Waals surface area contributed by atoms with Crippen LogP contribution in [0.15, 0.2) is 6.07 Å². The lowest BCUT2D eigenvalue weighted by Gasteiger charge is -2.31. The molecule has 3 heterocycles. The Bertz CT molecular complexity index is 582. The van der Waals surface area contributed by atoms with Gasteiger partial charge in [0.2, 0.25) is 0 Å². The van der Waals surface area contributed by atoms with Gasteiger partial charge in [-0.3, -0.25) is 0 Å². The Morgan fingerprint density at radius 1 is 1.32 bits per heavy atom. The van der Waals surface area contributed by atoms with Crippen molar-refractivity contribution in [3.8, 4) is 0 Å². The van der Waals surface area contributed by atoms with Gasteiger partial charge >= 0.3 is 0 Å². The van der Waals surface area contributed by atoms with E-state index in [4.69, 9.17) is 4.98 Å². The first kappa shape index (κ1) is 12.9. The highest BCUT2D eigenvalue weighted by Crippen LogP contribution is 2.32. The molecule has 19 heavy (non-hydrogen) atoms. The largest absolute Gasteiger partial charge is 0.356 e. The van der Waals surface area contributed by atoms with Crippen LogP contribution in [0, 0.1) is 12.8 Å². The van der Waals surface area contributed by atoms with Crippen LogP contribution in [0.3, 0.4) is 0 Å². The number of hydrogen-bond acceptors (Lipinski definition) is 4. The van der Waals surface area contributed by atoms with Crippen molar-refractivity contribution in [2.75, 3.05) is 18.0 Å². The lowest BCUT2D eigenvalue weighted by Crippen LogP contribution is -2.33. The summed E-state index contributed by atoms with van der Waals surface area (Å²) in [6.07, 6.45) is 3.45. The average Bonchev–Trinajstić information content (AvgIpc) is 2.78. The standard InChI is InChI=1S/C15H21N3S/c1-4-13-16-14(18-7-5-10(2)6-8-18)12-9-11(3)19-15(12)17-13/h9-10H,4-8H2,1-3H3. The highest BCUT2D eigenvalue weighted by Gasteiger charge is 2.20. The molecule has 3 nitrogen and oxygen atoms in total. The van der Waals surface area contributed by atoms with Gasteiger partial charge in [0.25, 0.3) is 0 Å². The highest BCUT2D eigenvalue weighted by molar-refractivity contribution is 7.18. The molecule has 0 N–H and O–H groups in total. The number of nitrogens with zero attached hydrogens (tertiary/aromatic N) is 3. The molecule has 1 aliphatic heterocycles. The summed E-state index contributed by atoms with van der Waals surface area (Å²) in [5, 5.41) is 1.24. The molecule has 0 atom stereocenters. The van der Waals surface area contributed by atoms with Crippen LogP contribution >= 0.6 is 11.3 Å². The van der Waals surface area contributed by atoms with E-state index < -0.39 is 0 Å². The number of rotatable bonds is 2. The van der Waals surface area contributed by atoms with Gasteiger partial charge in [0.05, 0.1) is 5.39 Å². The van der Waals surface area contributed by atoms with Gasteiger partial charge < -0.3 is 4.90 Å². The zero-order chi connectivity index (χ0) is 13.4. The number of thiophene rings is 1. The zero-order valence-corrected chi connectivity index (χ0v) is 12.8. The molecule has 0 amide bonds. The number of aromatic nitrogens is 2.